The molecule has 3 rings (SSSR count). The van der Waals surface area contributed by atoms with E-state index in [1.165, 1.54) is 19.3 Å². The second-order valence-electron chi connectivity index (χ2n) is 7.22. The Hall–Kier alpha value is -2.01. The summed E-state index contributed by atoms with van der Waals surface area (Å²) < 4.78 is 0.944. The van der Waals surface area contributed by atoms with Gasteiger partial charge in [-0.1, -0.05) is 15.9 Å². The standard InChI is InChI=1S/C21H26BrN3O/c1-13-11-18(23)19(24-21(26)16-7-9-17(22)10-8-16)12-20(13)25-14(2)5-4-6-15(25)3/h7-12,14-15H,4-6,23H2,1-3H3,(H,24,26)/t14-,15+. The van der Waals surface area contributed by atoms with E-state index in [0.29, 0.717) is 29.0 Å². The van der Waals surface area contributed by atoms with Gasteiger partial charge in [0.25, 0.3) is 5.91 Å². The van der Waals surface area contributed by atoms with Gasteiger partial charge in [0.1, 0.15) is 0 Å². The molecule has 1 aliphatic rings. The van der Waals surface area contributed by atoms with Gasteiger partial charge in [0.05, 0.1) is 11.4 Å². The van der Waals surface area contributed by atoms with Crippen LogP contribution in [0.2, 0.25) is 0 Å². The molecular weight excluding hydrogens is 390 g/mol. The molecule has 2 aromatic carbocycles. The van der Waals surface area contributed by atoms with Crippen molar-refractivity contribution in [3.8, 4) is 0 Å². The summed E-state index contributed by atoms with van der Waals surface area (Å²) in [7, 11) is 0. The molecule has 1 aliphatic heterocycles. The predicted molar refractivity (Wildman–Crippen MR) is 113 cm³/mol. The highest BCUT2D eigenvalue weighted by Crippen LogP contribution is 2.36. The minimum absolute atomic E-state index is 0.154. The molecule has 4 nitrogen and oxygen atoms in total. The summed E-state index contributed by atoms with van der Waals surface area (Å²) in [6, 6.07) is 12.2. The number of nitrogens with zero attached hydrogens (tertiary/aromatic N) is 1. The lowest BCUT2D eigenvalue weighted by Crippen LogP contribution is -2.44. The van der Waals surface area contributed by atoms with Gasteiger partial charge in [-0.25, -0.2) is 0 Å². The summed E-state index contributed by atoms with van der Waals surface area (Å²) in [6.07, 6.45) is 3.64. The maximum atomic E-state index is 12.6. The van der Waals surface area contributed by atoms with Crippen LogP contribution in [0.25, 0.3) is 0 Å². The van der Waals surface area contributed by atoms with Crippen LogP contribution in [0.1, 0.15) is 49.0 Å². The first kappa shape index (κ1) is 18.8. The Balaban J connectivity index is 1.90. The number of benzene rings is 2. The van der Waals surface area contributed by atoms with Crippen LogP contribution in [0.5, 0.6) is 0 Å². The first-order valence-corrected chi connectivity index (χ1v) is 9.91. The Kier molecular flexibility index (Phi) is 5.56. The van der Waals surface area contributed by atoms with E-state index < -0.39 is 0 Å². The number of piperidine rings is 1. The number of hydrogen-bond acceptors (Lipinski definition) is 3. The Morgan fingerprint density at radius 2 is 1.77 bits per heavy atom. The highest BCUT2D eigenvalue weighted by molar-refractivity contribution is 9.10. The van der Waals surface area contributed by atoms with Crippen molar-refractivity contribution in [2.24, 2.45) is 0 Å². The first-order valence-electron chi connectivity index (χ1n) is 9.12. The molecule has 1 fully saturated rings. The number of rotatable bonds is 3. The number of nitrogen functional groups attached to an aromatic ring is 1. The van der Waals surface area contributed by atoms with Gasteiger partial charge in [-0.05, 0) is 82.0 Å². The predicted octanol–water partition coefficient (Wildman–Crippen LogP) is 5.36. The fourth-order valence-corrected chi connectivity index (χ4v) is 4.06. The van der Waals surface area contributed by atoms with Crippen LogP contribution in [0.3, 0.4) is 0 Å². The smallest absolute Gasteiger partial charge is 0.255 e. The van der Waals surface area contributed by atoms with Crippen LogP contribution in [0, 0.1) is 6.92 Å². The van der Waals surface area contributed by atoms with E-state index in [0.717, 1.165) is 15.7 Å². The third-order valence-corrected chi connectivity index (χ3v) is 5.72. The van der Waals surface area contributed by atoms with Crippen molar-refractivity contribution in [1.29, 1.82) is 0 Å². The topological polar surface area (TPSA) is 58.4 Å². The van der Waals surface area contributed by atoms with Crippen LogP contribution in [-0.4, -0.2) is 18.0 Å². The first-order chi connectivity index (χ1) is 12.4. The highest BCUT2D eigenvalue weighted by atomic mass is 79.9. The Morgan fingerprint density at radius 1 is 1.15 bits per heavy atom. The average Bonchev–Trinajstić information content (AvgIpc) is 2.59. The molecule has 3 N–H and O–H groups in total. The Morgan fingerprint density at radius 3 is 2.38 bits per heavy atom. The maximum absolute atomic E-state index is 12.6. The number of hydrogen-bond donors (Lipinski definition) is 2. The van der Waals surface area contributed by atoms with Crippen molar-refractivity contribution in [1.82, 2.24) is 0 Å². The van der Waals surface area contributed by atoms with Gasteiger partial charge in [-0.15, -0.1) is 0 Å². The molecule has 2 aromatic rings. The van der Waals surface area contributed by atoms with Crippen molar-refractivity contribution in [2.45, 2.75) is 52.1 Å². The second kappa shape index (κ2) is 7.70. The molecule has 26 heavy (non-hydrogen) atoms. The van der Waals surface area contributed by atoms with Gasteiger partial charge in [0.15, 0.2) is 0 Å². The lowest BCUT2D eigenvalue weighted by Gasteiger charge is -2.42. The fraction of sp³-hybridized carbons (Fsp3) is 0.381. The summed E-state index contributed by atoms with van der Waals surface area (Å²) in [4.78, 5) is 15.0. The van der Waals surface area contributed by atoms with Gasteiger partial charge >= 0.3 is 0 Å². The maximum Gasteiger partial charge on any atom is 0.255 e. The van der Waals surface area contributed by atoms with Crippen LogP contribution in [0.4, 0.5) is 17.1 Å². The quantitative estimate of drug-likeness (QED) is 0.663. The summed E-state index contributed by atoms with van der Waals surface area (Å²) in [5, 5.41) is 2.98. The molecule has 0 unspecified atom stereocenters. The third kappa shape index (κ3) is 3.88. The molecule has 1 heterocycles. The number of anilines is 3. The fourth-order valence-electron chi connectivity index (χ4n) is 3.80. The van der Waals surface area contributed by atoms with E-state index in [1.807, 2.05) is 24.3 Å². The van der Waals surface area contributed by atoms with Crippen molar-refractivity contribution in [2.75, 3.05) is 16.0 Å². The number of amides is 1. The number of aryl methyl sites for hydroxylation is 1. The minimum Gasteiger partial charge on any atom is -0.397 e. The zero-order chi connectivity index (χ0) is 18.8. The summed E-state index contributed by atoms with van der Waals surface area (Å²) in [6.45, 7) is 6.62. The molecule has 0 saturated carbocycles. The molecule has 1 saturated heterocycles. The van der Waals surface area contributed by atoms with Crippen LogP contribution in [0.15, 0.2) is 40.9 Å². The van der Waals surface area contributed by atoms with Gasteiger partial charge in [-0.3, -0.25) is 4.79 Å². The van der Waals surface area contributed by atoms with Gasteiger partial charge in [-0.2, -0.15) is 0 Å². The lowest BCUT2D eigenvalue weighted by molar-refractivity contribution is 0.102. The number of carbonyl (C=O) groups is 1. The zero-order valence-electron chi connectivity index (χ0n) is 15.6. The van der Waals surface area contributed by atoms with Crippen molar-refractivity contribution in [3.05, 3.63) is 52.0 Å². The van der Waals surface area contributed by atoms with E-state index >= 15 is 0 Å². The number of nitrogens with one attached hydrogen (secondary N) is 1. The SMILES string of the molecule is Cc1cc(N)c(NC(=O)c2ccc(Br)cc2)cc1N1[C@H](C)CCC[C@@H]1C. The molecule has 0 spiro atoms. The summed E-state index contributed by atoms with van der Waals surface area (Å²) in [5.41, 5.74) is 10.4. The minimum atomic E-state index is -0.154. The Bertz CT molecular complexity index is 794. The molecule has 2 atom stereocenters. The van der Waals surface area contributed by atoms with Crippen molar-refractivity contribution >= 4 is 38.9 Å². The van der Waals surface area contributed by atoms with Crippen LogP contribution >= 0.6 is 15.9 Å². The molecule has 138 valence electrons. The van der Waals surface area contributed by atoms with E-state index in [9.17, 15) is 4.79 Å². The normalized spacial score (nSPS) is 20.1. The largest absolute Gasteiger partial charge is 0.397 e. The van der Waals surface area contributed by atoms with Crippen LogP contribution in [-0.2, 0) is 0 Å². The van der Waals surface area contributed by atoms with Crippen molar-refractivity contribution in [3.63, 3.8) is 0 Å². The van der Waals surface area contributed by atoms with Gasteiger partial charge < -0.3 is 16.0 Å². The lowest BCUT2D eigenvalue weighted by atomic mass is 9.95. The second-order valence-corrected chi connectivity index (χ2v) is 8.14. The molecule has 5 heteroatoms. The third-order valence-electron chi connectivity index (χ3n) is 5.19. The van der Waals surface area contributed by atoms with E-state index in [4.69, 9.17) is 5.73 Å². The van der Waals surface area contributed by atoms with Gasteiger partial charge in [0.2, 0.25) is 0 Å². The zero-order valence-corrected chi connectivity index (χ0v) is 17.1. The average molecular weight is 416 g/mol. The molecule has 0 bridgehead atoms. The summed E-state index contributed by atoms with van der Waals surface area (Å²) >= 11 is 3.39. The van der Waals surface area contributed by atoms with Crippen molar-refractivity contribution < 1.29 is 4.79 Å². The number of carbonyl (C=O) groups excluding carboxylic acids is 1. The molecule has 0 aromatic heterocycles. The van der Waals surface area contributed by atoms with E-state index in [2.05, 4.69) is 46.9 Å². The summed E-state index contributed by atoms with van der Waals surface area (Å²) in [5.74, 6) is -0.154. The Labute approximate surface area is 163 Å². The van der Waals surface area contributed by atoms with E-state index in [-0.39, 0.29) is 5.91 Å². The highest BCUT2D eigenvalue weighted by Gasteiger charge is 2.26. The van der Waals surface area contributed by atoms with Gasteiger partial charge in [0, 0.05) is 27.8 Å². The molecule has 0 aliphatic carbocycles. The molecular formula is C21H26BrN3O. The number of halogens is 1. The van der Waals surface area contributed by atoms with Crippen LogP contribution < -0.4 is 16.0 Å². The molecule has 1 amide bonds. The number of nitrogens with two attached hydrogens (primary N) is 1. The molecule has 0 radical (unpaired) electrons. The monoisotopic (exact) mass is 415 g/mol. The van der Waals surface area contributed by atoms with E-state index in [1.54, 1.807) is 12.1 Å².